The van der Waals surface area contributed by atoms with Gasteiger partial charge in [-0.05, 0) is 54.2 Å². The van der Waals surface area contributed by atoms with Gasteiger partial charge in [-0.25, -0.2) is 0 Å². The molecule has 4 rings (SSSR count). The Labute approximate surface area is 179 Å². The zero-order chi connectivity index (χ0) is 20.2. The van der Waals surface area contributed by atoms with Crippen LogP contribution in [0.25, 0.3) is 11.0 Å². The molecule has 0 amide bonds. The lowest BCUT2D eigenvalue weighted by atomic mass is 9.77. The summed E-state index contributed by atoms with van der Waals surface area (Å²) < 4.78 is 14.5. The largest absolute Gasteiger partial charge is 0.470 e. The van der Waals surface area contributed by atoms with Crippen LogP contribution in [0.4, 0.5) is 0 Å². The molecule has 29 heavy (non-hydrogen) atoms. The normalized spacial score (nSPS) is 17.7. The van der Waals surface area contributed by atoms with Crippen LogP contribution < -0.4 is 4.72 Å². The number of nitrogens with one attached hydrogen (secondary N) is 1. The first-order chi connectivity index (χ1) is 14.1. The molecule has 0 aliphatic carbocycles. The van der Waals surface area contributed by atoms with Gasteiger partial charge in [0.1, 0.15) is 5.58 Å². The van der Waals surface area contributed by atoms with Crippen LogP contribution >= 0.6 is 23.5 Å². The van der Waals surface area contributed by atoms with Crippen molar-refractivity contribution in [1.82, 2.24) is 4.72 Å². The first-order valence-electron chi connectivity index (χ1n) is 9.69. The predicted octanol–water partition coefficient (Wildman–Crippen LogP) is 4.30. The van der Waals surface area contributed by atoms with Gasteiger partial charge in [0.15, 0.2) is 0 Å². The van der Waals surface area contributed by atoms with E-state index in [0.29, 0.717) is 17.2 Å². The standard InChI is InChI=1S/C21H23BClNO4S/c23-17-9-14(8-15(10-17)19-6-3-7-27-19)13-29-24-21(22(25)26)11-16-12-28-20-5-2-1-4-18(16)20/h1-2,4-5,8-10,12,19,21,24-26H,3,6-7,11,13H2. The lowest BCUT2D eigenvalue weighted by Gasteiger charge is -2.17. The summed E-state index contributed by atoms with van der Waals surface area (Å²) >= 11 is 7.72. The third kappa shape index (κ3) is 5.17. The molecule has 3 N–H and O–H groups in total. The molecule has 0 saturated carbocycles. The van der Waals surface area contributed by atoms with Gasteiger partial charge in [0, 0.05) is 22.8 Å². The zero-order valence-electron chi connectivity index (χ0n) is 15.9. The number of hydrogen-bond donors (Lipinski definition) is 3. The summed E-state index contributed by atoms with van der Waals surface area (Å²) in [5.41, 5.74) is 3.91. The molecule has 1 aliphatic heterocycles. The van der Waals surface area contributed by atoms with Gasteiger partial charge in [-0.1, -0.05) is 47.8 Å². The van der Waals surface area contributed by atoms with E-state index in [2.05, 4.69) is 10.8 Å². The fourth-order valence-electron chi connectivity index (χ4n) is 3.65. The average molecular weight is 432 g/mol. The van der Waals surface area contributed by atoms with Crippen molar-refractivity contribution in [3.63, 3.8) is 0 Å². The maximum atomic E-state index is 9.82. The first-order valence-corrected chi connectivity index (χ1v) is 11.1. The fraction of sp³-hybridized carbons (Fsp3) is 0.333. The highest BCUT2D eigenvalue weighted by atomic mass is 35.5. The van der Waals surface area contributed by atoms with Gasteiger partial charge in [0.2, 0.25) is 0 Å². The van der Waals surface area contributed by atoms with Crippen molar-refractivity contribution in [2.75, 3.05) is 6.61 Å². The molecule has 0 spiro atoms. The molecule has 2 atom stereocenters. The average Bonchev–Trinajstić information content (AvgIpc) is 3.37. The Bertz CT molecular complexity index is 961. The number of para-hydroxylation sites is 1. The van der Waals surface area contributed by atoms with Crippen molar-refractivity contribution in [3.05, 3.63) is 70.4 Å². The predicted molar refractivity (Wildman–Crippen MR) is 118 cm³/mol. The summed E-state index contributed by atoms with van der Waals surface area (Å²) in [6, 6.07) is 13.7. The van der Waals surface area contributed by atoms with Crippen molar-refractivity contribution in [2.24, 2.45) is 0 Å². The van der Waals surface area contributed by atoms with Gasteiger partial charge in [0.25, 0.3) is 0 Å². The molecule has 2 unspecified atom stereocenters. The molecular formula is C21H23BClNO4S. The Hall–Kier alpha value is -1.48. The Morgan fingerprint density at radius 2 is 2.10 bits per heavy atom. The summed E-state index contributed by atoms with van der Waals surface area (Å²) in [5, 5.41) is 21.3. The van der Waals surface area contributed by atoms with E-state index in [-0.39, 0.29) is 6.10 Å². The van der Waals surface area contributed by atoms with Crippen molar-refractivity contribution < 1.29 is 19.2 Å². The zero-order valence-corrected chi connectivity index (χ0v) is 17.5. The molecule has 3 aromatic rings. The van der Waals surface area contributed by atoms with E-state index in [1.54, 1.807) is 6.26 Å². The molecular weight excluding hydrogens is 409 g/mol. The number of halogens is 1. The van der Waals surface area contributed by atoms with Crippen LogP contribution in [0, 0.1) is 0 Å². The number of furan rings is 1. The van der Waals surface area contributed by atoms with Gasteiger partial charge < -0.3 is 19.2 Å². The van der Waals surface area contributed by atoms with E-state index >= 15 is 0 Å². The summed E-state index contributed by atoms with van der Waals surface area (Å²) in [6.45, 7) is 0.793. The number of fused-ring (bicyclic) bond motifs is 1. The summed E-state index contributed by atoms with van der Waals surface area (Å²) in [6.07, 6.45) is 4.33. The Balaban J connectivity index is 1.39. The third-order valence-corrected chi connectivity index (χ3v) is 6.28. The lowest BCUT2D eigenvalue weighted by molar-refractivity contribution is 0.112. The number of benzene rings is 2. The van der Waals surface area contributed by atoms with Gasteiger partial charge in [0.05, 0.1) is 18.3 Å². The maximum absolute atomic E-state index is 9.82. The molecule has 5 nitrogen and oxygen atoms in total. The lowest BCUT2D eigenvalue weighted by Crippen LogP contribution is -2.42. The minimum Gasteiger partial charge on any atom is -0.464 e. The molecule has 152 valence electrons. The van der Waals surface area contributed by atoms with Crippen LogP contribution in [0.2, 0.25) is 5.02 Å². The second-order valence-electron chi connectivity index (χ2n) is 7.28. The van der Waals surface area contributed by atoms with Gasteiger partial charge >= 0.3 is 7.12 Å². The highest BCUT2D eigenvalue weighted by Crippen LogP contribution is 2.31. The molecule has 1 aromatic heterocycles. The molecule has 8 heteroatoms. The topological polar surface area (TPSA) is 74.9 Å². The Morgan fingerprint density at radius 1 is 1.24 bits per heavy atom. The van der Waals surface area contributed by atoms with Gasteiger partial charge in [-0.15, -0.1) is 0 Å². The fourth-order valence-corrected chi connectivity index (χ4v) is 4.75. The Kier molecular flexibility index (Phi) is 6.85. The van der Waals surface area contributed by atoms with E-state index in [4.69, 9.17) is 20.8 Å². The molecule has 0 bridgehead atoms. The second kappa shape index (κ2) is 9.56. The van der Waals surface area contributed by atoms with Crippen LogP contribution in [-0.4, -0.2) is 29.7 Å². The second-order valence-corrected chi connectivity index (χ2v) is 8.53. The number of rotatable bonds is 8. The smallest absolute Gasteiger partial charge is 0.464 e. The summed E-state index contributed by atoms with van der Waals surface area (Å²) in [7, 11) is -1.49. The van der Waals surface area contributed by atoms with Crippen LogP contribution in [0.1, 0.15) is 35.6 Å². The van der Waals surface area contributed by atoms with Crippen LogP contribution in [0.5, 0.6) is 0 Å². The van der Waals surface area contributed by atoms with Crippen molar-refractivity contribution in [1.29, 1.82) is 0 Å². The van der Waals surface area contributed by atoms with E-state index in [9.17, 15) is 10.0 Å². The van der Waals surface area contributed by atoms with Crippen LogP contribution in [0.15, 0.2) is 53.1 Å². The van der Waals surface area contributed by atoms with Crippen LogP contribution in [0.3, 0.4) is 0 Å². The maximum Gasteiger partial charge on any atom is 0.470 e. The van der Waals surface area contributed by atoms with E-state index in [1.165, 1.54) is 11.9 Å². The molecule has 1 fully saturated rings. The Morgan fingerprint density at radius 3 is 2.90 bits per heavy atom. The van der Waals surface area contributed by atoms with Crippen molar-refractivity contribution >= 4 is 41.6 Å². The molecule has 0 radical (unpaired) electrons. The third-order valence-electron chi connectivity index (χ3n) is 5.12. The molecule has 2 aromatic carbocycles. The van der Waals surface area contributed by atoms with Gasteiger partial charge in [-0.3, -0.25) is 4.72 Å². The monoisotopic (exact) mass is 431 g/mol. The van der Waals surface area contributed by atoms with Gasteiger partial charge in [-0.2, -0.15) is 0 Å². The summed E-state index contributed by atoms with van der Waals surface area (Å²) in [4.78, 5) is 0. The summed E-state index contributed by atoms with van der Waals surface area (Å²) in [5.74, 6) is 0.119. The van der Waals surface area contributed by atoms with Crippen molar-refractivity contribution in [3.8, 4) is 0 Å². The van der Waals surface area contributed by atoms with E-state index in [0.717, 1.165) is 47.1 Å². The SMILES string of the molecule is OB(O)C(Cc1coc2ccccc12)NSCc1cc(Cl)cc(C2CCCO2)c1. The first kappa shape index (κ1) is 20.8. The number of ether oxygens (including phenoxy) is 1. The number of hydrogen-bond acceptors (Lipinski definition) is 6. The highest BCUT2D eigenvalue weighted by molar-refractivity contribution is 7.96. The molecule has 2 heterocycles. The minimum absolute atomic E-state index is 0.117. The van der Waals surface area contributed by atoms with E-state index in [1.807, 2.05) is 36.4 Å². The highest BCUT2D eigenvalue weighted by Gasteiger charge is 2.25. The minimum atomic E-state index is -1.49. The quantitative estimate of drug-likeness (QED) is 0.365. The van der Waals surface area contributed by atoms with Crippen molar-refractivity contribution in [2.45, 2.75) is 37.1 Å². The molecule has 1 aliphatic rings. The molecule has 1 saturated heterocycles. The van der Waals surface area contributed by atoms with E-state index < -0.39 is 13.1 Å². The van der Waals surface area contributed by atoms with Crippen LogP contribution in [-0.2, 0) is 16.9 Å².